The third kappa shape index (κ3) is 2.29. The lowest BCUT2D eigenvalue weighted by molar-refractivity contribution is -0.133. The Morgan fingerprint density at radius 2 is 2.53 bits per heavy atom. The molecule has 1 N–H and O–H groups in total. The molecule has 2 aromatic heterocycles. The van der Waals surface area contributed by atoms with Gasteiger partial charge in [0.25, 0.3) is 0 Å². The smallest absolute Gasteiger partial charge is 0.245 e. The van der Waals surface area contributed by atoms with Gasteiger partial charge in [0, 0.05) is 11.4 Å². The molecule has 0 saturated carbocycles. The van der Waals surface area contributed by atoms with Crippen molar-refractivity contribution in [3.05, 3.63) is 40.2 Å². The average Bonchev–Trinajstić information content (AvgIpc) is 3.04. The maximum atomic E-state index is 12.6. The van der Waals surface area contributed by atoms with Crippen LogP contribution in [0.2, 0.25) is 0 Å². The number of hydrogen-bond donors (Lipinski definition) is 1. The Bertz CT molecular complexity index is 564. The van der Waals surface area contributed by atoms with Crippen LogP contribution in [0.15, 0.2) is 28.5 Å². The number of nitrogens with one attached hydrogen (secondary N) is 1. The molecular weight excluding hydrogens is 262 g/mol. The van der Waals surface area contributed by atoms with E-state index in [-0.39, 0.29) is 11.9 Å². The van der Waals surface area contributed by atoms with Crippen molar-refractivity contribution in [1.29, 1.82) is 0 Å². The summed E-state index contributed by atoms with van der Waals surface area (Å²) in [7, 11) is 1.83. The Morgan fingerprint density at radius 1 is 1.63 bits per heavy atom. The molecule has 1 unspecified atom stereocenters. The first-order valence-electron chi connectivity index (χ1n) is 6.19. The monoisotopic (exact) mass is 277 g/mol. The minimum atomic E-state index is -0.246. The molecule has 3 heterocycles. The molecule has 19 heavy (non-hydrogen) atoms. The molecule has 6 heteroatoms. The summed E-state index contributed by atoms with van der Waals surface area (Å²) in [5.74, 6) is 0.103. The molecule has 1 aliphatic heterocycles. The second-order valence-corrected chi connectivity index (χ2v) is 5.47. The summed E-state index contributed by atoms with van der Waals surface area (Å²) in [5, 5.41) is 5.17. The number of thiophene rings is 1. The molecule has 2 aromatic rings. The topological polar surface area (TPSA) is 58.4 Å². The van der Waals surface area contributed by atoms with Crippen molar-refractivity contribution in [2.75, 3.05) is 13.6 Å². The Morgan fingerprint density at radius 3 is 3.26 bits per heavy atom. The molecule has 1 aliphatic rings. The standard InChI is InChI=1S/C13H15N3O2S/c1-14-11-12-9(3-5-19-12)2-4-16(13(11)17)6-10-7-18-8-15-10/h3,5,7-8,11,14H,2,4,6H2,1H3. The van der Waals surface area contributed by atoms with Crippen LogP contribution in [0.3, 0.4) is 0 Å². The van der Waals surface area contributed by atoms with Gasteiger partial charge in [0.2, 0.25) is 5.91 Å². The summed E-state index contributed by atoms with van der Waals surface area (Å²) in [4.78, 5) is 19.6. The van der Waals surface area contributed by atoms with Crippen LogP contribution in [0, 0.1) is 0 Å². The predicted molar refractivity (Wildman–Crippen MR) is 71.7 cm³/mol. The highest BCUT2D eigenvalue weighted by Crippen LogP contribution is 2.29. The molecule has 0 aromatic carbocycles. The van der Waals surface area contributed by atoms with Crippen molar-refractivity contribution < 1.29 is 9.21 Å². The number of hydrogen-bond acceptors (Lipinski definition) is 5. The lowest BCUT2D eigenvalue weighted by Crippen LogP contribution is -2.38. The number of likely N-dealkylation sites (N-methyl/N-ethyl adjacent to an activating group) is 1. The summed E-state index contributed by atoms with van der Waals surface area (Å²) in [6, 6.07) is 1.86. The molecule has 3 rings (SSSR count). The Kier molecular flexibility index (Phi) is 3.35. The van der Waals surface area contributed by atoms with E-state index in [0.29, 0.717) is 13.1 Å². The van der Waals surface area contributed by atoms with Crippen LogP contribution in [-0.2, 0) is 17.8 Å². The summed E-state index contributed by atoms with van der Waals surface area (Å²) < 4.78 is 4.96. The SMILES string of the molecule is CNC1C(=O)N(Cc2cocn2)CCc2ccsc21. The molecule has 0 spiro atoms. The zero-order valence-electron chi connectivity index (χ0n) is 10.6. The Balaban J connectivity index is 1.85. The number of rotatable bonds is 3. The van der Waals surface area contributed by atoms with Gasteiger partial charge in [0.05, 0.1) is 12.2 Å². The van der Waals surface area contributed by atoms with Gasteiger partial charge in [-0.2, -0.15) is 0 Å². The van der Waals surface area contributed by atoms with Crippen molar-refractivity contribution >= 4 is 17.2 Å². The number of carbonyl (C=O) groups excluding carboxylic acids is 1. The third-order valence-electron chi connectivity index (χ3n) is 3.38. The predicted octanol–water partition coefficient (Wildman–Crippen LogP) is 1.58. The molecule has 100 valence electrons. The average molecular weight is 277 g/mol. The van der Waals surface area contributed by atoms with Crippen LogP contribution in [0.4, 0.5) is 0 Å². The number of fused-ring (bicyclic) bond motifs is 1. The van der Waals surface area contributed by atoms with Crippen molar-refractivity contribution in [3.8, 4) is 0 Å². The number of nitrogens with zero attached hydrogens (tertiary/aromatic N) is 2. The van der Waals surface area contributed by atoms with Crippen LogP contribution in [0.25, 0.3) is 0 Å². The maximum absolute atomic E-state index is 12.6. The summed E-state index contributed by atoms with van der Waals surface area (Å²) in [5.41, 5.74) is 2.05. The first kappa shape index (κ1) is 12.4. The van der Waals surface area contributed by atoms with Crippen LogP contribution in [0.1, 0.15) is 22.2 Å². The highest BCUT2D eigenvalue weighted by atomic mass is 32.1. The molecule has 5 nitrogen and oxygen atoms in total. The first-order chi connectivity index (χ1) is 9.29. The van der Waals surface area contributed by atoms with E-state index in [0.717, 1.165) is 17.0 Å². The Hall–Kier alpha value is -1.66. The molecule has 0 saturated heterocycles. The fourth-order valence-corrected chi connectivity index (χ4v) is 3.45. The largest absolute Gasteiger partial charge is 0.451 e. The van der Waals surface area contributed by atoms with E-state index in [1.54, 1.807) is 17.6 Å². The van der Waals surface area contributed by atoms with E-state index >= 15 is 0 Å². The fourth-order valence-electron chi connectivity index (χ4n) is 2.39. The van der Waals surface area contributed by atoms with E-state index < -0.39 is 0 Å². The van der Waals surface area contributed by atoms with Gasteiger partial charge in [-0.05, 0) is 30.5 Å². The van der Waals surface area contributed by atoms with Crippen molar-refractivity contribution in [2.45, 2.75) is 19.0 Å². The fraction of sp³-hybridized carbons (Fsp3) is 0.385. The van der Waals surface area contributed by atoms with E-state index in [1.165, 1.54) is 12.0 Å². The highest BCUT2D eigenvalue weighted by Gasteiger charge is 2.30. The number of carbonyl (C=O) groups is 1. The highest BCUT2D eigenvalue weighted by molar-refractivity contribution is 7.10. The molecular formula is C13H15N3O2S. The minimum Gasteiger partial charge on any atom is -0.451 e. The molecule has 0 radical (unpaired) electrons. The second-order valence-electron chi connectivity index (χ2n) is 4.52. The van der Waals surface area contributed by atoms with Gasteiger partial charge >= 0.3 is 0 Å². The van der Waals surface area contributed by atoms with E-state index in [9.17, 15) is 4.79 Å². The minimum absolute atomic E-state index is 0.103. The van der Waals surface area contributed by atoms with Crippen LogP contribution >= 0.6 is 11.3 Å². The number of amides is 1. The van der Waals surface area contributed by atoms with Gasteiger partial charge in [0.1, 0.15) is 12.3 Å². The zero-order chi connectivity index (χ0) is 13.2. The van der Waals surface area contributed by atoms with E-state index in [2.05, 4.69) is 21.7 Å². The van der Waals surface area contributed by atoms with E-state index in [1.807, 2.05) is 11.9 Å². The van der Waals surface area contributed by atoms with E-state index in [4.69, 9.17) is 4.42 Å². The van der Waals surface area contributed by atoms with Crippen LogP contribution < -0.4 is 5.32 Å². The summed E-state index contributed by atoms with van der Waals surface area (Å²) in [6.07, 6.45) is 3.87. The summed E-state index contributed by atoms with van der Waals surface area (Å²) >= 11 is 1.64. The van der Waals surface area contributed by atoms with Gasteiger partial charge in [0.15, 0.2) is 6.39 Å². The lowest BCUT2D eigenvalue weighted by Gasteiger charge is -2.23. The molecule has 1 atom stereocenters. The molecule has 0 fully saturated rings. The van der Waals surface area contributed by atoms with Crippen molar-refractivity contribution in [1.82, 2.24) is 15.2 Å². The summed E-state index contributed by atoms with van der Waals surface area (Å²) in [6.45, 7) is 1.22. The van der Waals surface area contributed by atoms with Gasteiger partial charge in [-0.1, -0.05) is 0 Å². The van der Waals surface area contributed by atoms with Crippen LogP contribution in [0.5, 0.6) is 0 Å². The quantitative estimate of drug-likeness (QED) is 0.925. The van der Waals surface area contributed by atoms with Crippen LogP contribution in [-0.4, -0.2) is 29.4 Å². The lowest BCUT2D eigenvalue weighted by atomic mass is 10.1. The third-order valence-corrected chi connectivity index (χ3v) is 4.40. The zero-order valence-corrected chi connectivity index (χ0v) is 11.4. The van der Waals surface area contributed by atoms with Gasteiger partial charge in [-0.15, -0.1) is 11.3 Å². The van der Waals surface area contributed by atoms with Gasteiger partial charge < -0.3 is 14.6 Å². The van der Waals surface area contributed by atoms with Crippen molar-refractivity contribution in [3.63, 3.8) is 0 Å². The number of oxazole rings is 1. The number of aromatic nitrogens is 1. The molecule has 1 amide bonds. The first-order valence-corrected chi connectivity index (χ1v) is 7.07. The van der Waals surface area contributed by atoms with Gasteiger partial charge in [-0.25, -0.2) is 4.98 Å². The second kappa shape index (κ2) is 5.14. The maximum Gasteiger partial charge on any atom is 0.245 e. The molecule has 0 bridgehead atoms. The normalized spacial score (nSPS) is 19.3. The molecule has 0 aliphatic carbocycles. The van der Waals surface area contributed by atoms with Crippen molar-refractivity contribution in [2.24, 2.45) is 0 Å². The Labute approximate surface area is 115 Å². The van der Waals surface area contributed by atoms with Gasteiger partial charge in [-0.3, -0.25) is 4.79 Å².